The van der Waals surface area contributed by atoms with E-state index in [9.17, 15) is 0 Å². The quantitative estimate of drug-likeness (QED) is 0.224. The van der Waals surface area contributed by atoms with Crippen LogP contribution in [0.2, 0.25) is 0 Å². The van der Waals surface area contributed by atoms with Crippen molar-refractivity contribution in [3.8, 4) is 11.8 Å². The van der Waals surface area contributed by atoms with Crippen molar-refractivity contribution >= 4 is 30.1 Å². The summed E-state index contributed by atoms with van der Waals surface area (Å²) in [7, 11) is 4.10. The van der Waals surface area contributed by atoms with Gasteiger partial charge in [0.2, 0.25) is 0 Å². The Bertz CT molecular complexity index is 689. The van der Waals surface area contributed by atoms with Gasteiger partial charge in [-0.15, -0.1) is 0 Å². The van der Waals surface area contributed by atoms with E-state index < -0.39 is 8.53 Å². The van der Waals surface area contributed by atoms with Crippen LogP contribution in [0.25, 0.3) is 0 Å². The predicted octanol–water partition coefficient (Wildman–Crippen LogP) is 6.57. The number of nitriles is 1. The molecule has 3 atom stereocenters. The van der Waals surface area contributed by atoms with E-state index in [1.165, 1.54) is 0 Å². The fourth-order valence-corrected chi connectivity index (χ4v) is 8.83. The van der Waals surface area contributed by atoms with Gasteiger partial charge >= 0.3 is 0 Å². The first kappa shape index (κ1) is 24.8. The maximum absolute atomic E-state index is 8.95. The molecule has 162 valence electrons. The minimum absolute atomic E-state index is 0.0537. The van der Waals surface area contributed by atoms with Gasteiger partial charge in [-0.25, -0.2) is 4.67 Å². The van der Waals surface area contributed by atoms with Crippen LogP contribution < -0.4 is 4.74 Å². The van der Waals surface area contributed by atoms with Crippen molar-refractivity contribution in [2.45, 2.75) is 76.1 Å². The predicted molar refractivity (Wildman–Crippen MR) is 125 cm³/mol. The first-order valence-electron chi connectivity index (χ1n) is 9.95. The van der Waals surface area contributed by atoms with Crippen molar-refractivity contribution in [3.05, 3.63) is 29.8 Å². The highest BCUT2D eigenvalue weighted by molar-refractivity contribution is 8.77. The minimum Gasteiger partial charge on any atom is -0.496 e. The van der Waals surface area contributed by atoms with Crippen LogP contribution in [0.1, 0.15) is 58.8 Å². The fraction of sp³-hybridized carbons (Fsp3) is 0.667. The molecule has 1 heterocycles. The number of methoxy groups -OCH3 is 1. The standard InChI is InChI=1S/C21H33N2O3PS2/c1-15(2)23(16(3)4)27(25-14-10-13-22)26-20-19(28-29-21(20,5)6)17-11-8-9-12-18(17)24-7/h8-9,11-12,15-16,19-20H,10,14H2,1-7H3. The minimum atomic E-state index is -1.30. The van der Waals surface area contributed by atoms with Crippen LogP contribution in [0, 0.1) is 11.3 Å². The maximum Gasteiger partial charge on any atom is 0.259 e. The summed E-state index contributed by atoms with van der Waals surface area (Å²) >= 11 is 0. The molecule has 1 saturated heterocycles. The first-order valence-corrected chi connectivity index (χ1v) is 13.3. The second kappa shape index (κ2) is 11.2. The number of ether oxygens (including phenoxy) is 1. The van der Waals surface area contributed by atoms with Crippen LogP contribution >= 0.6 is 30.1 Å². The highest BCUT2D eigenvalue weighted by Gasteiger charge is 2.49. The number of nitrogens with zero attached hydrogens (tertiary/aromatic N) is 2. The van der Waals surface area contributed by atoms with E-state index in [4.69, 9.17) is 19.0 Å². The van der Waals surface area contributed by atoms with Crippen molar-refractivity contribution in [1.82, 2.24) is 4.67 Å². The first-order chi connectivity index (χ1) is 13.7. The zero-order valence-corrected chi connectivity index (χ0v) is 20.9. The molecule has 0 radical (unpaired) electrons. The molecule has 1 aromatic carbocycles. The molecule has 0 aromatic heterocycles. The lowest BCUT2D eigenvalue weighted by Crippen LogP contribution is -2.39. The van der Waals surface area contributed by atoms with Crippen molar-refractivity contribution in [1.29, 1.82) is 5.26 Å². The van der Waals surface area contributed by atoms with Gasteiger partial charge in [-0.1, -0.05) is 39.8 Å². The topological polar surface area (TPSA) is 54.7 Å². The van der Waals surface area contributed by atoms with Gasteiger partial charge in [0.25, 0.3) is 8.53 Å². The van der Waals surface area contributed by atoms with Gasteiger partial charge in [0, 0.05) is 22.4 Å². The third-order valence-corrected chi connectivity index (χ3v) is 10.4. The largest absolute Gasteiger partial charge is 0.496 e. The molecule has 1 fully saturated rings. The highest BCUT2D eigenvalue weighted by Crippen LogP contribution is 2.63. The van der Waals surface area contributed by atoms with E-state index in [1.54, 1.807) is 7.11 Å². The van der Waals surface area contributed by atoms with Gasteiger partial charge in [0.15, 0.2) is 0 Å². The summed E-state index contributed by atoms with van der Waals surface area (Å²) in [5, 5.41) is 9.09. The van der Waals surface area contributed by atoms with Gasteiger partial charge in [0.05, 0.1) is 37.6 Å². The van der Waals surface area contributed by atoms with E-state index in [-0.39, 0.29) is 28.2 Å². The number of benzene rings is 1. The molecule has 0 N–H and O–H groups in total. The van der Waals surface area contributed by atoms with Crippen molar-refractivity contribution < 1.29 is 13.8 Å². The normalized spacial score (nSPS) is 22.2. The second-order valence-corrected chi connectivity index (χ2v) is 12.4. The molecule has 0 spiro atoms. The van der Waals surface area contributed by atoms with E-state index in [0.29, 0.717) is 13.0 Å². The molecule has 0 aliphatic carbocycles. The van der Waals surface area contributed by atoms with Crippen molar-refractivity contribution in [2.24, 2.45) is 0 Å². The summed E-state index contributed by atoms with van der Waals surface area (Å²) in [6.07, 6.45) is 0.307. The second-order valence-electron chi connectivity index (χ2n) is 8.02. The van der Waals surface area contributed by atoms with Gasteiger partial charge in [0.1, 0.15) is 5.75 Å². The number of hydrogen-bond donors (Lipinski definition) is 0. The summed E-state index contributed by atoms with van der Waals surface area (Å²) < 4.78 is 20.8. The molecule has 5 nitrogen and oxygen atoms in total. The maximum atomic E-state index is 8.95. The Morgan fingerprint density at radius 2 is 1.86 bits per heavy atom. The van der Waals surface area contributed by atoms with Gasteiger partial charge in [-0.05, 0) is 47.6 Å². The molecular weight excluding hydrogens is 423 g/mol. The molecular formula is C21H33N2O3PS2. The van der Waals surface area contributed by atoms with E-state index in [1.807, 2.05) is 39.8 Å². The average Bonchev–Trinajstić information content (AvgIpc) is 2.95. The highest BCUT2D eigenvalue weighted by atomic mass is 33.1. The SMILES string of the molecule is COc1ccccc1C1SSC(C)(C)C1OP(OCCC#N)N(C(C)C)C(C)C. The lowest BCUT2D eigenvalue weighted by Gasteiger charge is -2.39. The smallest absolute Gasteiger partial charge is 0.259 e. The lowest BCUT2D eigenvalue weighted by molar-refractivity contribution is 0.114. The molecule has 0 saturated carbocycles. The van der Waals surface area contributed by atoms with Crippen LogP contribution in [0.4, 0.5) is 0 Å². The molecule has 2 rings (SSSR count). The Labute approximate surface area is 185 Å². The number of para-hydroxylation sites is 1. The zero-order valence-electron chi connectivity index (χ0n) is 18.4. The van der Waals surface area contributed by atoms with Crippen LogP contribution in [0.15, 0.2) is 24.3 Å². The molecule has 1 aliphatic heterocycles. The number of hydrogen-bond acceptors (Lipinski definition) is 7. The van der Waals surface area contributed by atoms with Crippen LogP contribution in [-0.2, 0) is 9.05 Å². The zero-order chi connectivity index (χ0) is 21.6. The van der Waals surface area contributed by atoms with E-state index >= 15 is 0 Å². The summed E-state index contributed by atoms with van der Waals surface area (Å²) in [5.41, 5.74) is 1.15. The number of rotatable bonds is 10. The Kier molecular flexibility index (Phi) is 9.60. The Hall–Kier alpha value is -0.480. The average molecular weight is 457 g/mol. The summed E-state index contributed by atoms with van der Waals surface area (Å²) in [4.78, 5) is 0. The monoisotopic (exact) mass is 456 g/mol. The third-order valence-electron chi connectivity index (χ3n) is 4.64. The molecule has 0 bridgehead atoms. The van der Waals surface area contributed by atoms with Crippen LogP contribution in [0.3, 0.4) is 0 Å². The molecule has 8 heteroatoms. The van der Waals surface area contributed by atoms with E-state index in [2.05, 4.69) is 58.3 Å². The van der Waals surface area contributed by atoms with E-state index in [0.717, 1.165) is 11.3 Å². The fourth-order valence-electron chi connectivity index (χ4n) is 3.33. The Morgan fingerprint density at radius 3 is 2.45 bits per heavy atom. The molecule has 29 heavy (non-hydrogen) atoms. The van der Waals surface area contributed by atoms with Gasteiger partial charge in [-0.2, -0.15) is 5.26 Å². The van der Waals surface area contributed by atoms with Gasteiger partial charge < -0.3 is 13.8 Å². The Morgan fingerprint density at radius 1 is 1.21 bits per heavy atom. The van der Waals surface area contributed by atoms with Crippen molar-refractivity contribution in [3.63, 3.8) is 0 Å². The summed E-state index contributed by atoms with van der Waals surface area (Å²) in [6, 6.07) is 10.9. The Balaban J connectivity index is 2.35. The summed E-state index contributed by atoms with van der Waals surface area (Å²) in [6.45, 7) is 13.5. The molecule has 1 aliphatic rings. The molecule has 3 unspecified atom stereocenters. The van der Waals surface area contributed by atoms with Crippen LogP contribution in [0.5, 0.6) is 5.75 Å². The van der Waals surface area contributed by atoms with Crippen molar-refractivity contribution in [2.75, 3.05) is 13.7 Å². The lowest BCUT2D eigenvalue weighted by atomic mass is 9.97. The third kappa shape index (κ3) is 6.26. The molecule has 0 amide bonds. The summed E-state index contributed by atoms with van der Waals surface area (Å²) in [5.74, 6) is 0.885. The van der Waals surface area contributed by atoms with Crippen LogP contribution in [-0.4, -0.2) is 41.3 Å². The van der Waals surface area contributed by atoms with Gasteiger partial charge in [-0.3, -0.25) is 0 Å². The molecule has 1 aromatic rings.